The molecule has 0 heterocycles. The van der Waals surface area contributed by atoms with Gasteiger partial charge in [-0.1, -0.05) is 13.8 Å². The summed E-state index contributed by atoms with van der Waals surface area (Å²) < 4.78 is 5.02. The van der Waals surface area contributed by atoms with E-state index in [1.54, 1.807) is 7.11 Å². The number of hydrogen-bond acceptors (Lipinski definition) is 2. The molecule has 0 spiro atoms. The summed E-state index contributed by atoms with van der Waals surface area (Å²) in [5, 5.41) is 10.4. The van der Waals surface area contributed by atoms with Gasteiger partial charge < -0.3 is 9.84 Å². The van der Waals surface area contributed by atoms with Gasteiger partial charge in [-0.2, -0.15) is 0 Å². The Hall–Kier alpha value is -0.0800. The molecule has 0 aromatic rings. The Morgan fingerprint density at radius 1 is 1.29 bits per heavy atom. The fourth-order valence-electron chi connectivity index (χ4n) is 2.98. The number of rotatable bonds is 4. The standard InChI is InChI=1S/C12H24O2/c1-10-7-11(2)9-12(13,8-10)5-4-6-14-3/h10-11,13H,4-9H2,1-3H3. The highest BCUT2D eigenvalue weighted by Gasteiger charge is 2.35. The normalized spacial score (nSPS) is 38.6. The maximum absolute atomic E-state index is 10.4. The van der Waals surface area contributed by atoms with Gasteiger partial charge in [-0.25, -0.2) is 0 Å². The fraction of sp³-hybridized carbons (Fsp3) is 1.00. The van der Waals surface area contributed by atoms with Crippen LogP contribution in [-0.2, 0) is 4.74 Å². The van der Waals surface area contributed by atoms with E-state index in [1.165, 1.54) is 6.42 Å². The Morgan fingerprint density at radius 2 is 1.86 bits per heavy atom. The van der Waals surface area contributed by atoms with Crippen LogP contribution in [0, 0.1) is 11.8 Å². The van der Waals surface area contributed by atoms with Crippen molar-refractivity contribution >= 4 is 0 Å². The second-order valence-electron chi connectivity index (χ2n) is 5.17. The lowest BCUT2D eigenvalue weighted by Crippen LogP contribution is -2.38. The molecule has 0 radical (unpaired) electrons. The molecule has 0 aliphatic heterocycles. The lowest BCUT2D eigenvalue weighted by molar-refractivity contribution is -0.0422. The van der Waals surface area contributed by atoms with Crippen LogP contribution in [0.15, 0.2) is 0 Å². The van der Waals surface area contributed by atoms with Crippen molar-refractivity contribution in [3.8, 4) is 0 Å². The molecule has 1 fully saturated rings. The average Bonchev–Trinajstić information content (AvgIpc) is 2.01. The second-order valence-corrected chi connectivity index (χ2v) is 5.17. The molecule has 1 saturated carbocycles. The van der Waals surface area contributed by atoms with Gasteiger partial charge in [0, 0.05) is 13.7 Å². The third-order valence-corrected chi connectivity index (χ3v) is 3.25. The molecule has 0 bridgehead atoms. The van der Waals surface area contributed by atoms with Crippen molar-refractivity contribution in [1.29, 1.82) is 0 Å². The summed E-state index contributed by atoms with van der Waals surface area (Å²) in [7, 11) is 1.72. The minimum atomic E-state index is -0.407. The average molecular weight is 200 g/mol. The second kappa shape index (κ2) is 5.13. The van der Waals surface area contributed by atoms with Crippen LogP contribution >= 0.6 is 0 Å². The van der Waals surface area contributed by atoms with Crippen molar-refractivity contribution < 1.29 is 9.84 Å². The van der Waals surface area contributed by atoms with Gasteiger partial charge in [0.25, 0.3) is 0 Å². The van der Waals surface area contributed by atoms with Crippen molar-refractivity contribution in [2.45, 2.75) is 51.6 Å². The largest absolute Gasteiger partial charge is 0.390 e. The van der Waals surface area contributed by atoms with E-state index in [9.17, 15) is 5.11 Å². The van der Waals surface area contributed by atoms with Gasteiger partial charge in [-0.15, -0.1) is 0 Å². The van der Waals surface area contributed by atoms with E-state index in [0.29, 0.717) is 11.8 Å². The van der Waals surface area contributed by atoms with Crippen molar-refractivity contribution in [2.75, 3.05) is 13.7 Å². The minimum absolute atomic E-state index is 0.407. The first-order chi connectivity index (χ1) is 6.56. The topological polar surface area (TPSA) is 29.5 Å². The zero-order valence-corrected chi connectivity index (χ0v) is 9.75. The minimum Gasteiger partial charge on any atom is -0.390 e. The monoisotopic (exact) mass is 200 g/mol. The molecule has 0 aromatic carbocycles. The van der Waals surface area contributed by atoms with Crippen LogP contribution in [0.25, 0.3) is 0 Å². The highest BCUT2D eigenvalue weighted by atomic mass is 16.5. The summed E-state index contributed by atoms with van der Waals surface area (Å²) in [6, 6.07) is 0. The van der Waals surface area contributed by atoms with E-state index in [-0.39, 0.29) is 0 Å². The Balaban J connectivity index is 2.38. The van der Waals surface area contributed by atoms with Crippen molar-refractivity contribution in [2.24, 2.45) is 11.8 Å². The van der Waals surface area contributed by atoms with E-state index in [0.717, 1.165) is 32.3 Å². The predicted molar refractivity (Wildman–Crippen MR) is 58.2 cm³/mol. The molecule has 0 amide bonds. The molecule has 2 atom stereocenters. The highest BCUT2D eigenvalue weighted by Crippen LogP contribution is 2.38. The molecular formula is C12H24O2. The lowest BCUT2D eigenvalue weighted by Gasteiger charge is -2.39. The molecule has 84 valence electrons. The molecule has 1 aliphatic rings. The van der Waals surface area contributed by atoms with Gasteiger partial charge in [0.05, 0.1) is 5.60 Å². The van der Waals surface area contributed by atoms with Crippen LogP contribution < -0.4 is 0 Å². The van der Waals surface area contributed by atoms with E-state index in [4.69, 9.17) is 4.74 Å². The van der Waals surface area contributed by atoms with Gasteiger partial charge in [0.2, 0.25) is 0 Å². The van der Waals surface area contributed by atoms with E-state index < -0.39 is 5.60 Å². The van der Waals surface area contributed by atoms with E-state index in [2.05, 4.69) is 13.8 Å². The highest BCUT2D eigenvalue weighted by molar-refractivity contribution is 4.87. The van der Waals surface area contributed by atoms with Crippen LogP contribution in [0.3, 0.4) is 0 Å². The molecule has 2 nitrogen and oxygen atoms in total. The quantitative estimate of drug-likeness (QED) is 0.707. The third kappa shape index (κ3) is 3.58. The summed E-state index contributed by atoms with van der Waals surface area (Å²) >= 11 is 0. The van der Waals surface area contributed by atoms with Gasteiger partial charge in [0.1, 0.15) is 0 Å². The van der Waals surface area contributed by atoms with Gasteiger partial charge >= 0.3 is 0 Å². The van der Waals surface area contributed by atoms with Gasteiger partial charge in [0.15, 0.2) is 0 Å². The van der Waals surface area contributed by atoms with Crippen LogP contribution in [0.2, 0.25) is 0 Å². The first kappa shape index (κ1) is 12.0. The molecule has 14 heavy (non-hydrogen) atoms. The molecule has 1 N–H and O–H groups in total. The summed E-state index contributed by atoms with van der Waals surface area (Å²) in [5.74, 6) is 1.34. The smallest absolute Gasteiger partial charge is 0.0653 e. The predicted octanol–water partition coefficient (Wildman–Crippen LogP) is 2.60. The summed E-state index contributed by atoms with van der Waals surface area (Å²) in [4.78, 5) is 0. The lowest BCUT2D eigenvalue weighted by atomic mass is 9.72. The molecule has 2 unspecified atom stereocenters. The molecule has 0 aromatic heterocycles. The number of ether oxygens (including phenoxy) is 1. The van der Waals surface area contributed by atoms with Crippen LogP contribution in [0.5, 0.6) is 0 Å². The van der Waals surface area contributed by atoms with Crippen LogP contribution in [0.1, 0.15) is 46.0 Å². The maximum Gasteiger partial charge on any atom is 0.0653 e. The third-order valence-electron chi connectivity index (χ3n) is 3.25. The summed E-state index contributed by atoms with van der Waals surface area (Å²) in [6.45, 7) is 5.26. The Kier molecular flexibility index (Phi) is 4.39. The summed E-state index contributed by atoms with van der Waals surface area (Å²) in [6.07, 6.45) is 5.09. The molecule has 1 rings (SSSR count). The van der Waals surface area contributed by atoms with Crippen LogP contribution in [0.4, 0.5) is 0 Å². The zero-order chi connectivity index (χ0) is 10.6. The van der Waals surface area contributed by atoms with Crippen molar-refractivity contribution in [3.63, 3.8) is 0 Å². The fourth-order valence-corrected chi connectivity index (χ4v) is 2.98. The van der Waals surface area contributed by atoms with Crippen LogP contribution in [-0.4, -0.2) is 24.4 Å². The van der Waals surface area contributed by atoms with Crippen molar-refractivity contribution in [3.05, 3.63) is 0 Å². The molecular weight excluding hydrogens is 176 g/mol. The first-order valence-corrected chi connectivity index (χ1v) is 5.77. The summed E-state index contributed by atoms with van der Waals surface area (Å²) in [5.41, 5.74) is -0.407. The van der Waals surface area contributed by atoms with E-state index in [1.807, 2.05) is 0 Å². The van der Waals surface area contributed by atoms with Gasteiger partial charge in [-0.05, 0) is 43.9 Å². The Bertz CT molecular complexity index is 158. The molecule has 2 heteroatoms. The van der Waals surface area contributed by atoms with E-state index >= 15 is 0 Å². The Labute approximate surface area is 87.7 Å². The van der Waals surface area contributed by atoms with Gasteiger partial charge in [-0.3, -0.25) is 0 Å². The Morgan fingerprint density at radius 3 is 2.36 bits per heavy atom. The first-order valence-electron chi connectivity index (χ1n) is 5.77. The zero-order valence-electron chi connectivity index (χ0n) is 9.75. The number of methoxy groups -OCH3 is 1. The van der Waals surface area contributed by atoms with Crippen molar-refractivity contribution in [1.82, 2.24) is 0 Å². The molecule has 0 saturated heterocycles. The number of hydrogen-bond donors (Lipinski definition) is 1. The number of aliphatic hydroxyl groups is 1. The molecule has 1 aliphatic carbocycles. The SMILES string of the molecule is COCCCC1(O)CC(C)CC(C)C1. The maximum atomic E-state index is 10.4.